The molecule has 0 unspecified atom stereocenters. The molecule has 3 atom stereocenters. The molecule has 1 saturated heterocycles. The Balaban J connectivity index is 2.20. The Labute approximate surface area is 130 Å². The van der Waals surface area contributed by atoms with Crippen LogP contribution in [-0.2, 0) is 14.3 Å². The SMILES string of the molecule is CC(C)(C)OC(=O)C[C@H]1[C@@H](c2ccccc2)C(=O)N[C@@H]1CO. The monoisotopic (exact) mass is 305 g/mol. The van der Waals surface area contributed by atoms with Crippen molar-refractivity contribution in [1.82, 2.24) is 5.32 Å². The number of aliphatic hydroxyl groups is 1. The van der Waals surface area contributed by atoms with Crippen molar-refractivity contribution in [2.45, 2.75) is 44.8 Å². The zero-order valence-corrected chi connectivity index (χ0v) is 13.2. The van der Waals surface area contributed by atoms with Gasteiger partial charge in [0.2, 0.25) is 5.91 Å². The molecule has 0 radical (unpaired) electrons. The van der Waals surface area contributed by atoms with Crippen molar-refractivity contribution >= 4 is 11.9 Å². The van der Waals surface area contributed by atoms with Gasteiger partial charge in [0.15, 0.2) is 0 Å². The molecule has 2 N–H and O–H groups in total. The molecular formula is C17H23NO4. The summed E-state index contributed by atoms with van der Waals surface area (Å²) in [5, 5.41) is 12.3. The number of amides is 1. The van der Waals surface area contributed by atoms with E-state index in [0.29, 0.717) is 0 Å². The van der Waals surface area contributed by atoms with Crippen molar-refractivity contribution in [2.75, 3.05) is 6.61 Å². The van der Waals surface area contributed by atoms with Crippen molar-refractivity contribution in [2.24, 2.45) is 5.92 Å². The minimum absolute atomic E-state index is 0.0980. The standard InChI is InChI=1S/C17H23NO4/c1-17(2,3)22-14(20)9-12-13(10-19)18-16(21)15(12)11-7-5-4-6-8-11/h4-8,12-13,15,19H,9-10H2,1-3H3,(H,18,21)/t12-,13-,15-/m1/s1. The molecule has 120 valence electrons. The van der Waals surface area contributed by atoms with Crippen LogP contribution in [0.3, 0.4) is 0 Å². The van der Waals surface area contributed by atoms with Crippen molar-refractivity contribution in [3.05, 3.63) is 35.9 Å². The number of esters is 1. The third-order valence-electron chi connectivity index (χ3n) is 3.73. The number of rotatable bonds is 4. The average molecular weight is 305 g/mol. The van der Waals surface area contributed by atoms with Crippen LogP contribution < -0.4 is 5.32 Å². The third-order valence-corrected chi connectivity index (χ3v) is 3.73. The molecule has 1 amide bonds. The molecular weight excluding hydrogens is 282 g/mol. The van der Waals surface area contributed by atoms with Gasteiger partial charge in [0.05, 0.1) is 25.0 Å². The Morgan fingerprint density at radius 2 is 1.91 bits per heavy atom. The highest BCUT2D eigenvalue weighted by atomic mass is 16.6. The number of nitrogens with one attached hydrogen (secondary N) is 1. The van der Waals surface area contributed by atoms with Crippen LogP contribution in [0.25, 0.3) is 0 Å². The molecule has 1 aromatic rings. The predicted octanol–water partition coefficient (Wildman–Crippen LogP) is 1.61. The number of carbonyl (C=O) groups is 2. The summed E-state index contributed by atoms with van der Waals surface area (Å²) in [6.07, 6.45) is 0.0980. The van der Waals surface area contributed by atoms with Gasteiger partial charge in [0.1, 0.15) is 5.60 Å². The van der Waals surface area contributed by atoms with E-state index in [1.54, 1.807) is 20.8 Å². The second-order valence-electron chi connectivity index (χ2n) is 6.64. The van der Waals surface area contributed by atoms with E-state index in [1.807, 2.05) is 30.3 Å². The van der Waals surface area contributed by atoms with Crippen molar-refractivity contribution in [3.63, 3.8) is 0 Å². The quantitative estimate of drug-likeness (QED) is 0.829. The minimum atomic E-state index is -0.565. The van der Waals surface area contributed by atoms with Crippen LogP contribution in [0.1, 0.15) is 38.7 Å². The van der Waals surface area contributed by atoms with Crippen molar-refractivity contribution in [3.8, 4) is 0 Å². The molecule has 0 spiro atoms. The Hall–Kier alpha value is -1.88. The van der Waals surface area contributed by atoms with E-state index in [-0.39, 0.29) is 30.8 Å². The molecule has 0 aromatic heterocycles. The van der Waals surface area contributed by atoms with Crippen LogP contribution in [0, 0.1) is 5.92 Å². The van der Waals surface area contributed by atoms with Gasteiger partial charge in [-0.1, -0.05) is 30.3 Å². The summed E-state index contributed by atoms with van der Waals surface area (Å²) in [5.41, 5.74) is 0.286. The van der Waals surface area contributed by atoms with Gasteiger partial charge in [0.25, 0.3) is 0 Å². The first-order valence-electron chi connectivity index (χ1n) is 7.50. The van der Waals surface area contributed by atoms with Crippen LogP contribution in [-0.4, -0.2) is 35.2 Å². The van der Waals surface area contributed by atoms with Crippen LogP contribution in [0.5, 0.6) is 0 Å². The summed E-state index contributed by atoms with van der Waals surface area (Å²) in [4.78, 5) is 24.4. The Morgan fingerprint density at radius 3 is 2.45 bits per heavy atom. The van der Waals surface area contributed by atoms with Gasteiger partial charge < -0.3 is 15.2 Å². The number of benzene rings is 1. The molecule has 2 rings (SSSR count). The van der Waals surface area contributed by atoms with E-state index in [2.05, 4.69) is 5.32 Å². The first-order chi connectivity index (χ1) is 10.3. The summed E-state index contributed by atoms with van der Waals surface area (Å²) < 4.78 is 5.35. The zero-order valence-electron chi connectivity index (χ0n) is 13.2. The summed E-state index contributed by atoms with van der Waals surface area (Å²) in [7, 11) is 0. The normalized spacial score (nSPS) is 24.9. The largest absolute Gasteiger partial charge is 0.460 e. The fraction of sp³-hybridized carbons (Fsp3) is 0.529. The predicted molar refractivity (Wildman–Crippen MR) is 82.2 cm³/mol. The maximum absolute atomic E-state index is 12.2. The Bertz CT molecular complexity index is 535. The zero-order chi connectivity index (χ0) is 16.3. The molecule has 0 saturated carbocycles. The van der Waals surface area contributed by atoms with E-state index in [0.717, 1.165) is 5.56 Å². The van der Waals surface area contributed by atoms with E-state index in [1.165, 1.54) is 0 Å². The molecule has 1 heterocycles. The maximum atomic E-state index is 12.2. The van der Waals surface area contributed by atoms with Crippen LogP contribution in [0.4, 0.5) is 0 Å². The van der Waals surface area contributed by atoms with Gasteiger partial charge in [-0.25, -0.2) is 0 Å². The Morgan fingerprint density at radius 1 is 1.27 bits per heavy atom. The Kier molecular flexibility index (Phi) is 4.86. The number of aliphatic hydroxyl groups excluding tert-OH is 1. The molecule has 0 aliphatic carbocycles. The van der Waals surface area contributed by atoms with Gasteiger partial charge in [-0.15, -0.1) is 0 Å². The lowest BCUT2D eigenvalue weighted by Crippen LogP contribution is -2.34. The highest BCUT2D eigenvalue weighted by molar-refractivity contribution is 5.88. The fourth-order valence-corrected chi connectivity index (χ4v) is 2.88. The summed E-state index contributed by atoms with van der Waals surface area (Å²) >= 11 is 0. The lowest BCUT2D eigenvalue weighted by molar-refractivity contribution is -0.156. The average Bonchev–Trinajstić information content (AvgIpc) is 2.73. The maximum Gasteiger partial charge on any atom is 0.306 e. The number of hydrogen-bond donors (Lipinski definition) is 2. The smallest absolute Gasteiger partial charge is 0.306 e. The van der Waals surface area contributed by atoms with E-state index >= 15 is 0 Å². The number of ether oxygens (including phenoxy) is 1. The molecule has 22 heavy (non-hydrogen) atoms. The van der Waals surface area contributed by atoms with Gasteiger partial charge in [-0.05, 0) is 26.3 Å². The summed E-state index contributed by atoms with van der Waals surface area (Å²) in [5.74, 6) is -1.26. The number of carbonyl (C=O) groups excluding carboxylic acids is 2. The first-order valence-corrected chi connectivity index (χ1v) is 7.50. The highest BCUT2D eigenvalue weighted by Gasteiger charge is 2.44. The molecule has 1 aliphatic heterocycles. The molecule has 1 aliphatic rings. The van der Waals surface area contributed by atoms with Crippen molar-refractivity contribution < 1.29 is 19.4 Å². The second-order valence-corrected chi connectivity index (χ2v) is 6.64. The van der Waals surface area contributed by atoms with Gasteiger partial charge in [-0.3, -0.25) is 9.59 Å². The topological polar surface area (TPSA) is 75.6 Å². The van der Waals surface area contributed by atoms with Gasteiger partial charge >= 0.3 is 5.97 Å². The summed E-state index contributed by atoms with van der Waals surface area (Å²) in [6, 6.07) is 8.91. The fourth-order valence-electron chi connectivity index (χ4n) is 2.88. The van der Waals surface area contributed by atoms with E-state index < -0.39 is 17.6 Å². The molecule has 0 bridgehead atoms. The van der Waals surface area contributed by atoms with Crippen LogP contribution in [0.2, 0.25) is 0 Å². The summed E-state index contributed by atoms with van der Waals surface area (Å²) in [6.45, 7) is 5.23. The van der Waals surface area contributed by atoms with E-state index in [9.17, 15) is 14.7 Å². The van der Waals surface area contributed by atoms with E-state index in [4.69, 9.17) is 4.74 Å². The van der Waals surface area contributed by atoms with Gasteiger partial charge in [0, 0.05) is 5.92 Å². The van der Waals surface area contributed by atoms with Crippen LogP contribution in [0.15, 0.2) is 30.3 Å². The minimum Gasteiger partial charge on any atom is -0.460 e. The lowest BCUT2D eigenvalue weighted by Gasteiger charge is -2.24. The molecule has 5 heteroatoms. The second kappa shape index (κ2) is 6.48. The van der Waals surface area contributed by atoms with Gasteiger partial charge in [-0.2, -0.15) is 0 Å². The van der Waals surface area contributed by atoms with Crippen LogP contribution >= 0.6 is 0 Å². The third kappa shape index (κ3) is 3.85. The first kappa shape index (κ1) is 16.5. The highest BCUT2D eigenvalue weighted by Crippen LogP contribution is 2.35. The molecule has 1 fully saturated rings. The molecule has 1 aromatic carbocycles. The van der Waals surface area contributed by atoms with Crippen molar-refractivity contribution in [1.29, 1.82) is 0 Å². The lowest BCUT2D eigenvalue weighted by atomic mass is 9.83. The number of hydrogen-bond acceptors (Lipinski definition) is 4. The molecule has 5 nitrogen and oxygen atoms in total.